The van der Waals surface area contributed by atoms with Gasteiger partial charge in [-0.3, -0.25) is 9.69 Å². The van der Waals surface area contributed by atoms with Crippen LogP contribution in [0.15, 0.2) is 48.5 Å². The van der Waals surface area contributed by atoms with E-state index in [1.54, 1.807) is 14.2 Å². The molecule has 8 nitrogen and oxygen atoms in total. The maximum Gasteiger partial charge on any atom is 0.220 e. The highest BCUT2D eigenvalue weighted by atomic mass is 16.5. The predicted octanol–water partition coefficient (Wildman–Crippen LogP) is 3.16. The van der Waals surface area contributed by atoms with Gasteiger partial charge in [0.15, 0.2) is 5.82 Å². The molecule has 1 atom stereocenters. The van der Waals surface area contributed by atoms with E-state index in [1.807, 2.05) is 55.5 Å². The van der Waals surface area contributed by atoms with Gasteiger partial charge in [0, 0.05) is 44.6 Å². The third kappa shape index (κ3) is 5.75. The second-order valence-electron chi connectivity index (χ2n) is 8.60. The zero-order valence-electron chi connectivity index (χ0n) is 20.2. The van der Waals surface area contributed by atoms with Crippen molar-refractivity contribution in [3.63, 3.8) is 0 Å². The summed E-state index contributed by atoms with van der Waals surface area (Å²) >= 11 is 0. The number of aromatic nitrogens is 3. The van der Waals surface area contributed by atoms with Gasteiger partial charge in [-0.05, 0) is 37.1 Å². The average molecular weight is 464 g/mol. The normalized spacial score (nSPS) is 14.7. The number of amides is 1. The smallest absolute Gasteiger partial charge is 0.220 e. The van der Waals surface area contributed by atoms with Gasteiger partial charge in [0.05, 0.1) is 20.3 Å². The fraction of sp³-hybridized carbons (Fsp3) is 0.423. The van der Waals surface area contributed by atoms with Gasteiger partial charge in [-0.2, -0.15) is 0 Å². The third-order valence-corrected chi connectivity index (χ3v) is 6.28. The largest absolute Gasteiger partial charge is 0.497 e. The fourth-order valence-electron chi connectivity index (χ4n) is 4.39. The second-order valence-corrected chi connectivity index (χ2v) is 8.60. The lowest BCUT2D eigenvalue weighted by Crippen LogP contribution is -2.30. The summed E-state index contributed by atoms with van der Waals surface area (Å²) in [4.78, 5) is 14.9. The fourth-order valence-corrected chi connectivity index (χ4v) is 4.39. The number of methoxy groups -OCH3 is 2. The van der Waals surface area contributed by atoms with Gasteiger partial charge in [-0.15, -0.1) is 10.2 Å². The van der Waals surface area contributed by atoms with Gasteiger partial charge < -0.3 is 19.4 Å². The topological polar surface area (TPSA) is 81.5 Å². The highest BCUT2D eigenvalue weighted by Crippen LogP contribution is 2.26. The summed E-state index contributed by atoms with van der Waals surface area (Å²) in [5, 5.41) is 11.9. The Morgan fingerprint density at radius 1 is 1.06 bits per heavy atom. The van der Waals surface area contributed by atoms with Crippen molar-refractivity contribution in [3.8, 4) is 11.5 Å². The molecule has 3 aromatic rings. The summed E-state index contributed by atoms with van der Waals surface area (Å²) < 4.78 is 13.1. The Morgan fingerprint density at radius 2 is 1.88 bits per heavy atom. The molecule has 0 fully saturated rings. The van der Waals surface area contributed by atoms with Crippen molar-refractivity contribution in [1.82, 2.24) is 25.0 Å². The summed E-state index contributed by atoms with van der Waals surface area (Å²) in [6.07, 6.45) is 1.97. The zero-order valence-corrected chi connectivity index (χ0v) is 20.2. The summed E-state index contributed by atoms with van der Waals surface area (Å²) in [5.41, 5.74) is 2.26. The first-order valence-electron chi connectivity index (χ1n) is 11.8. The SMILES string of the molecule is COc1ccc(OC)c(CN2CCc3nnc(C(C)NC(=O)CCc4ccccc4)n3CC2)c1. The monoisotopic (exact) mass is 463 g/mol. The Hall–Kier alpha value is -3.39. The summed E-state index contributed by atoms with van der Waals surface area (Å²) in [7, 11) is 3.36. The van der Waals surface area contributed by atoms with E-state index in [2.05, 4.69) is 25.0 Å². The Morgan fingerprint density at radius 3 is 2.65 bits per heavy atom. The molecule has 1 N–H and O–H groups in total. The Balaban J connectivity index is 1.36. The maximum absolute atomic E-state index is 12.5. The number of ether oxygens (including phenoxy) is 2. The van der Waals surface area contributed by atoms with Gasteiger partial charge in [0.1, 0.15) is 17.3 Å². The van der Waals surface area contributed by atoms with Crippen molar-refractivity contribution in [2.24, 2.45) is 0 Å². The molecular formula is C26H33N5O3. The van der Waals surface area contributed by atoms with E-state index < -0.39 is 0 Å². The molecule has 1 unspecified atom stereocenters. The van der Waals surface area contributed by atoms with E-state index in [0.717, 1.165) is 73.3 Å². The third-order valence-electron chi connectivity index (χ3n) is 6.28. The number of rotatable bonds is 9. The number of nitrogens with one attached hydrogen (secondary N) is 1. The van der Waals surface area contributed by atoms with Crippen LogP contribution in [-0.4, -0.2) is 52.9 Å². The molecule has 34 heavy (non-hydrogen) atoms. The standard InChI is InChI=1S/C26H33N5O3/c1-19(27-25(32)12-9-20-7-5-4-6-8-20)26-29-28-24-13-14-30(15-16-31(24)26)18-21-17-22(33-2)10-11-23(21)34-3/h4-8,10-11,17,19H,9,12-16,18H2,1-3H3,(H,27,32). The highest BCUT2D eigenvalue weighted by Gasteiger charge is 2.23. The van der Waals surface area contributed by atoms with Crippen molar-refractivity contribution in [1.29, 1.82) is 0 Å². The van der Waals surface area contributed by atoms with Crippen LogP contribution in [0.1, 0.15) is 42.2 Å². The van der Waals surface area contributed by atoms with E-state index >= 15 is 0 Å². The Kier molecular flexibility index (Phi) is 7.80. The molecular weight excluding hydrogens is 430 g/mol. The van der Waals surface area contributed by atoms with Gasteiger partial charge in [0.2, 0.25) is 5.91 Å². The number of nitrogens with zero attached hydrogens (tertiary/aromatic N) is 4. The number of carbonyl (C=O) groups excluding carboxylic acids is 1. The average Bonchev–Trinajstić information content (AvgIpc) is 3.17. The van der Waals surface area contributed by atoms with Crippen LogP contribution in [0.2, 0.25) is 0 Å². The van der Waals surface area contributed by atoms with E-state index in [1.165, 1.54) is 0 Å². The lowest BCUT2D eigenvalue weighted by molar-refractivity contribution is -0.121. The summed E-state index contributed by atoms with van der Waals surface area (Å²) in [6.45, 7) is 5.23. The minimum Gasteiger partial charge on any atom is -0.497 e. The molecule has 0 saturated heterocycles. The van der Waals surface area contributed by atoms with Crippen molar-refractivity contribution < 1.29 is 14.3 Å². The highest BCUT2D eigenvalue weighted by molar-refractivity contribution is 5.76. The van der Waals surface area contributed by atoms with E-state index in [0.29, 0.717) is 6.42 Å². The zero-order chi connectivity index (χ0) is 23.9. The number of hydrogen-bond acceptors (Lipinski definition) is 6. The molecule has 4 rings (SSSR count). The minimum absolute atomic E-state index is 0.0223. The summed E-state index contributed by atoms with van der Waals surface area (Å²) in [5.74, 6) is 3.47. The van der Waals surface area contributed by atoms with Crippen LogP contribution in [0, 0.1) is 0 Å². The molecule has 0 radical (unpaired) electrons. The molecule has 180 valence electrons. The van der Waals surface area contributed by atoms with Crippen molar-refractivity contribution in [2.45, 2.75) is 45.3 Å². The van der Waals surface area contributed by atoms with Gasteiger partial charge in [-0.1, -0.05) is 30.3 Å². The molecule has 0 bridgehead atoms. The molecule has 0 spiro atoms. The predicted molar refractivity (Wildman–Crippen MR) is 130 cm³/mol. The quantitative estimate of drug-likeness (QED) is 0.525. The Labute approximate surface area is 200 Å². The van der Waals surface area contributed by atoms with Crippen molar-refractivity contribution in [2.75, 3.05) is 27.3 Å². The number of aryl methyl sites for hydroxylation is 1. The maximum atomic E-state index is 12.5. The first-order chi connectivity index (χ1) is 16.6. The number of benzene rings is 2. The molecule has 1 aromatic heterocycles. The second kappa shape index (κ2) is 11.2. The molecule has 0 saturated carbocycles. The first kappa shape index (κ1) is 23.8. The molecule has 1 aliphatic heterocycles. The molecule has 8 heteroatoms. The van der Waals surface area contributed by atoms with E-state index in [9.17, 15) is 4.79 Å². The number of hydrogen-bond donors (Lipinski definition) is 1. The van der Waals surface area contributed by atoms with Crippen LogP contribution < -0.4 is 14.8 Å². The first-order valence-corrected chi connectivity index (χ1v) is 11.8. The van der Waals surface area contributed by atoms with Gasteiger partial charge >= 0.3 is 0 Å². The number of fused-ring (bicyclic) bond motifs is 1. The van der Waals surface area contributed by atoms with Crippen LogP contribution in [0.5, 0.6) is 11.5 Å². The van der Waals surface area contributed by atoms with E-state index in [4.69, 9.17) is 9.47 Å². The lowest BCUT2D eigenvalue weighted by Gasteiger charge is -2.21. The van der Waals surface area contributed by atoms with Crippen LogP contribution in [0.3, 0.4) is 0 Å². The van der Waals surface area contributed by atoms with Crippen molar-refractivity contribution in [3.05, 3.63) is 71.3 Å². The van der Waals surface area contributed by atoms with Crippen LogP contribution in [-0.2, 0) is 30.7 Å². The Bertz CT molecular complexity index is 1100. The molecule has 1 aliphatic rings. The van der Waals surface area contributed by atoms with Crippen LogP contribution >= 0.6 is 0 Å². The van der Waals surface area contributed by atoms with Crippen LogP contribution in [0.25, 0.3) is 0 Å². The van der Waals surface area contributed by atoms with Gasteiger partial charge in [-0.25, -0.2) is 0 Å². The van der Waals surface area contributed by atoms with E-state index in [-0.39, 0.29) is 11.9 Å². The molecule has 0 aliphatic carbocycles. The van der Waals surface area contributed by atoms with Crippen LogP contribution in [0.4, 0.5) is 0 Å². The molecule has 2 heterocycles. The van der Waals surface area contributed by atoms with Crippen molar-refractivity contribution >= 4 is 5.91 Å². The minimum atomic E-state index is -0.199. The summed E-state index contributed by atoms with van der Waals surface area (Å²) in [6, 6.07) is 15.7. The lowest BCUT2D eigenvalue weighted by atomic mass is 10.1. The molecule has 1 amide bonds. The van der Waals surface area contributed by atoms with Gasteiger partial charge in [0.25, 0.3) is 0 Å². The number of carbonyl (C=O) groups is 1. The molecule has 2 aromatic carbocycles.